The van der Waals surface area contributed by atoms with Gasteiger partial charge >= 0.3 is 0 Å². The Bertz CT molecular complexity index is 562. The van der Waals surface area contributed by atoms with Crippen LogP contribution in [0.3, 0.4) is 0 Å². The van der Waals surface area contributed by atoms with Crippen LogP contribution < -0.4 is 15.8 Å². The Morgan fingerprint density at radius 1 is 1.32 bits per heavy atom. The van der Waals surface area contributed by atoms with Crippen molar-refractivity contribution in [1.82, 2.24) is 9.97 Å². The van der Waals surface area contributed by atoms with Crippen molar-refractivity contribution >= 4 is 27.7 Å². The molecule has 1 aromatic carbocycles. The van der Waals surface area contributed by atoms with Crippen molar-refractivity contribution in [1.29, 1.82) is 0 Å². The second-order valence-corrected chi connectivity index (χ2v) is 4.81. The van der Waals surface area contributed by atoms with Crippen LogP contribution in [-0.2, 0) is 6.61 Å². The Labute approximate surface area is 120 Å². The first-order valence-electron chi connectivity index (χ1n) is 5.93. The van der Waals surface area contributed by atoms with Gasteiger partial charge in [0.05, 0.1) is 0 Å². The number of rotatable bonds is 5. The molecule has 0 fully saturated rings. The molecule has 0 aliphatic carbocycles. The number of nitrogens with zero attached hydrogens (tertiary/aromatic N) is 2. The molecule has 0 radical (unpaired) electrons. The average molecular weight is 323 g/mol. The van der Waals surface area contributed by atoms with E-state index in [-0.39, 0.29) is 5.95 Å². The Hall–Kier alpha value is -1.82. The topological polar surface area (TPSA) is 73.1 Å². The second kappa shape index (κ2) is 6.38. The van der Waals surface area contributed by atoms with Gasteiger partial charge in [0.15, 0.2) is 0 Å². The van der Waals surface area contributed by atoms with E-state index in [4.69, 9.17) is 10.5 Å². The molecule has 19 heavy (non-hydrogen) atoms. The SMILES string of the molecule is CCNc1cc(OCc2cccc(Br)c2)nc(N)n1. The number of halogens is 1. The Morgan fingerprint density at radius 3 is 2.89 bits per heavy atom. The summed E-state index contributed by atoms with van der Waals surface area (Å²) in [5.41, 5.74) is 6.69. The van der Waals surface area contributed by atoms with Gasteiger partial charge in [0, 0.05) is 17.1 Å². The van der Waals surface area contributed by atoms with Crippen LogP contribution >= 0.6 is 15.9 Å². The summed E-state index contributed by atoms with van der Waals surface area (Å²) in [5, 5.41) is 3.08. The zero-order valence-corrected chi connectivity index (χ0v) is 12.1. The highest BCUT2D eigenvalue weighted by Gasteiger charge is 2.03. The summed E-state index contributed by atoms with van der Waals surface area (Å²) >= 11 is 3.42. The lowest BCUT2D eigenvalue weighted by molar-refractivity contribution is 0.294. The molecule has 100 valence electrons. The van der Waals surface area contributed by atoms with Crippen LogP contribution in [-0.4, -0.2) is 16.5 Å². The second-order valence-electron chi connectivity index (χ2n) is 3.90. The molecule has 5 nitrogen and oxygen atoms in total. The number of hydrogen-bond acceptors (Lipinski definition) is 5. The maximum Gasteiger partial charge on any atom is 0.225 e. The molecule has 3 N–H and O–H groups in total. The number of anilines is 2. The van der Waals surface area contributed by atoms with Crippen LogP contribution in [0.4, 0.5) is 11.8 Å². The van der Waals surface area contributed by atoms with Gasteiger partial charge in [-0.15, -0.1) is 0 Å². The molecule has 6 heteroatoms. The molecule has 2 rings (SSSR count). The molecule has 0 unspecified atom stereocenters. The summed E-state index contributed by atoms with van der Waals surface area (Å²) in [6, 6.07) is 9.64. The van der Waals surface area contributed by atoms with E-state index in [9.17, 15) is 0 Å². The van der Waals surface area contributed by atoms with E-state index >= 15 is 0 Å². The number of benzene rings is 1. The number of nitrogens with two attached hydrogens (primary N) is 1. The van der Waals surface area contributed by atoms with Gasteiger partial charge in [0.1, 0.15) is 12.4 Å². The van der Waals surface area contributed by atoms with E-state index in [1.165, 1.54) is 0 Å². The number of nitrogen functional groups attached to an aromatic ring is 1. The van der Waals surface area contributed by atoms with Gasteiger partial charge in [0.2, 0.25) is 11.8 Å². The lowest BCUT2D eigenvalue weighted by Gasteiger charge is -2.08. The molecular formula is C13H15BrN4O. The van der Waals surface area contributed by atoms with Crippen LogP contribution in [0.1, 0.15) is 12.5 Å². The molecule has 0 aliphatic heterocycles. The molecule has 0 amide bonds. The summed E-state index contributed by atoms with van der Waals surface area (Å²) < 4.78 is 6.64. The van der Waals surface area contributed by atoms with Gasteiger partial charge in [-0.1, -0.05) is 28.1 Å². The highest BCUT2D eigenvalue weighted by atomic mass is 79.9. The van der Waals surface area contributed by atoms with Crippen LogP contribution in [0.5, 0.6) is 5.88 Å². The molecular weight excluding hydrogens is 308 g/mol. The maximum atomic E-state index is 5.63. The predicted octanol–water partition coefficient (Wildman–Crippen LogP) is 2.83. The summed E-state index contributed by atoms with van der Waals surface area (Å²) in [5.74, 6) is 1.32. The summed E-state index contributed by atoms with van der Waals surface area (Å²) in [4.78, 5) is 8.11. The zero-order valence-electron chi connectivity index (χ0n) is 10.6. The largest absolute Gasteiger partial charge is 0.473 e. The van der Waals surface area contributed by atoms with Gasteiger partial charge in [-0.3, -0.25) is 0 Å². The van der Waals surface area contributed by atoms with Crippen LogP contribution in [0.25, 0.3) is 0 Å². The highest BCUT2D eigenvalue weighted by Crippen LogP contribution is 2.17. The van der Waals surface area contributed by atoms with E-state index < -0.39 is 0 Å². The molecule has 0 spiro atoms. The molecule has 0 saturated heterocycles. The highest BCUT2D eigenvalue weighted by molar-refractivity contribution is 9.10. The first kappa shape index (κ1) is 13.6. The monoisotopic (exact) mass is 322 g/mol. The van der Waals surface area contributed by atoms with E-state index in [0.717, 1.165) is 16.6 Å². The Balaban J connectivity index is 2.06. The van der Waals surface area contributed by atoms with E-state index in [2.05, 4.69) is 31.2 Å². The number of hydrogen-bond donors (Lipinski definition) is 2. The third kappa shape index (κ3) is 4.10. The fourth-order valence-electron chi connectivity index (χ4n) is 1.57. The van der Waals surface area contributed by atoms with E-state index in [1.54, 1.807) is 6.07 Å². The molecule has 0 saturated carbocycles. The molecule has 0 aliphatic rings. The van der Waals surface area contributed by atoms with Gasteiger partial charge in [-0.05, 0) is 24.6 Å². The number of nitrogens with one attached hydrogen (secondary N) is 1. The maximum absolute atomic E-state index is 5.63. The Kier molecular flexibility index (Phi) is 4.57. The standard InChI is InChI=1S/C13H15BrN4O/c1-2-16-11-7-12(18-13(15)17-11)19-8-9-4-3-5-10(14)6-9/h3-7H,2,8H2,1H3,(H3,15,16,17,18). The fraction of sp³-hybridized carbons (Fsp3) is 0.231. The normalized spacial score (nSPS) is 10.2. The van der Waals surface area contributed by atoms with Crippen molar-refractivity contribution in [2.45, 2.75) is 13.5 Å². The minimum Gasteiger partial charge on any atom is -0.473 e. The number of ether oxygens (including phenoxy) is 1. The first-order chi connectivity index (χ1) is 9.17. The molecule has 0 bridgehead atoms. The minimum absolute atomic E-state index is 0.197. The van der Waals surface area contributed by atoms with Gasteiger partial charge in [-0.25, -0.2) is 0 Å². The lowest BCUT2D eigenvalue weighted by atomic mass is 10.2. The van der Waals surface area contributed by atoms with E-state index in [1.807, 2.05) is 31.2 Å². The molecule has 1 aromatic heterocycles. The van der Waals surface area contributed by atoms with Gasteiger partial charge in [-0.2, -0.15) is 9.97 Å². The smallest absolute Gasteiger partial charge is 0.225 e. The van der Waals surface area contributed by atoms with Crippen molar-refractivity contribution in [2.24, 2.45) is 0 Å². The van der Waals surface area contributed by atoms with Gasteiger partial charge < -0.3 is 15.8 Å². The van der Waals surface area contributed by atoms with Crippen LogP contribution in [0.2, 0.25) is 0 Å². The number of aromatic nitrogens is 2. The summed E-state index contributed by atoms with van der Waals surface area (Å²) in [6.07, 6.45) is 0. The van der Waals surface area contributed by atoms with Crippen molar-refractivity contribution in [2.75, 3.05) is 17.6 Å². The van der Waals surface area contributed by atoms with Crippen molar-refractivity contribution in [3.8, 4) is 5.88 Å². The minimum atomic E-state index is 0.197. The quantitative estimate of drug-likeness (QED) is 0.885. The van der Waals surface area contributed by atoms with E-state index in [0.29, 0.717) is 18.3 Å². The fourth-order valence-corrected chi connectivity index (χ4v) is 2.02. The molecule has 0 atom stereocenters. The molecule has 1 heterocycles. The predicted molar refractivity (Wildman–Crippen MR) is 79.1 cm³/mol. The first-order valence-corrected chi connectivity index (χ1v) is 6.72. The van der Waals surface area contributed by atoms with Crippen molar-refractivity contribution in [3.63, 3.8) is 0 Å². The lowest BCUT2D eigenvalue weighted by Crippen LogP contribution is -2.05. The summed E-state index contributed by atoms with van der Waals surface area (Å²) in [6.45, 7) is 3.18. The van der Waals surface area contributed by atoms with Gasteiger partial charge in [0.25, 0.3) is 0 Å². The third-order valence-corrected chi connectivity index (χ3v) is 2.85. The van der Waals surface area contributed by atoms with Crippen molar-refractivity contribution < 1.29 is 4.74 Å². The van der Waals surface area contributed by atoms with Crippen LogP contribution in [0, 0.1) is 0 Å². The van der Waals surface area contributed by atoms with Crippen molar-refractivity contribution in [3.05, 3.63) is 40.4 Å². The summed E-state index contributed by atoms with van der Waals surface area (Å²) in [7, 11) is 0. The Morgan fingerprint density at radius 2 is 2.16 bits per heavy atom. The zero-order chi connectivity index (χ0) is 13.7. The third-order valence-electron chi connectivity index (χ3n) is 2.35. The van der Waals surface area contributed by atoms with Crippen LogP contribution in [0.15, 0.2) is 34.8 Å². The average Bonchev–Trinajstić information content (AvgIpc) is 2.36. The molecule has 2 aromatic rings.